The highest BCUT2D eigenvalue weighted by atomic mass is 16.2. The monoisotopic (exact) mass is 228 g/mol. The highest BCUT2D eigenvalue weighted by Gasteiger charge is 2.22. The Bertz CT molecular complexity index is 295. The molecular weight excluding hydrogens is 212 g/mol. The maximum Gasteiger partial charge on any atom is 0.312 e. The van der Waals surface area contributed by atoms with Gasteiger partial charge in [-0.1, -0.05) is 0 Å². The highest BCUT2D eigenvalue weighted by Crippen LogP contribution is 2.02. The van der Waals surface area contributed by atoms with E-state index in [9.17, 15) is 14.4 Å². The number of primary amides is 1. The minimum absolute atomic E-state index is 0.00573. The summed E-state index contributed by atoms with van der Waals surface area (Å²) in [5.74, 6) is -0.311. The zero-order valence-corrected chi connectivity index (χ0v) is 9.08. The molecule has 1 aliphatic rings. The van der Waals surface area contributed by atoms with Crippen LogP contribution in [-0.4, -0.2) is 36.5 Å². The van der Waals surface area contributed by atoms with Crippen molar-refractivity contribution < 1.29 is 14.4 Å². The summed E-state index contributed by atoms with van der Waals surface area (Å²) in [4.78, 5) is 32.9. The van der Waals surface area contributed by atoms with Crippen molar-refractivity contribution in [2.45, 2.75) is 31.8 Å². The lowest BCUT2D eigenvalue weighted by molar-refractivity contribution is -0.126. The second-order valence-corrected chi connectivity index (χ2v) is 3.78. The molecule has 0 aliphatic carbocycles. The lowest BCUT2D eigenvalue weighted by atomic mass is 10.1. The first kappa shape index (κ1) is 12.3. The number of amides is 4. The third-order valence-electron chi connectivity index (χ3n) is 2.36. The van der Waals surface area contributed by atoms with Crippen LogP contribution in [-0.2, 0) is 9.59 Å². The van der Waals surface area contributed by atoms with Gasteiger partial charge >= 0.3 is 6.03 Å². The van der Waals surface area contributed by atoms with E-state index in [0.717, 1.165) is 0 Å². The summed E-state index contributed by atoms with van der Waals surface area (Å²) in [6.45, 7) is 1.97. The fourth-order valence-electron chi connectivity index (χ4n) is 1.46. The van der Waals surface area contributed by atoms with Crippen LogP contribution in [0.3, 0.4) is 0 Å². The Morgan fingerprint density at radius 1 is 1.56 bits per heavy atom. The van der Waals surface area contributed by atoms with E-state index in [2.05, 4.69) is 16.0 Å². The van der Waals surface area contributed by atoms with Crippen LogP contribution in [0.2, 0.25) is 0 Å². The predicted molar refractivity (Wildman–Crippen MR) is 56.4 cm³/mol. The lowest BCUT2D eigenvalue weighted by Gasteiger charge is -2.24. The average Bonchev–Trinajstić information content (AvgIpc) is 2.20. The predicted octanol–water partition coefficient (Wildman–Crippen LogP) is -1.56. The molecule has 1 saturated heterocycles. The van der Waals surface area contributed by atoms with Gasteiger partial charge in [0.1, 0.15) is 6.04 Å². The molecule has 0 aromatic heterocycles. The van der Waals surface area contributed by atoms with E-state index >= 15 is 0 Å². The molecule has 0 saturated carbocycles. The summed E-state index contributed by atoms with van der Waals surface area (Å²) in [5, 5.41) is 7.65. The Labute approximate surface area is 93.1 Å². The van der Waals surface area contributed by atoms with E-state index in [-0.39, 0.29) is 17.9 Å². The molecule has 5 N–H and O–H groups in total. The van der Waals surface area contributed by atoms with Gasteiger partial charge in [0.05, 0.1) is 0 Å². The maximum atomic E-state index is 11.5. The van der Waals surface area contributed by atoms with Crippen molar-refractivity contribution in [3.05, 3.63) is 0 Å². The van der Waals surface area contributed by atoms with Crippen LogP contribution in [0.25, 0.3) is 0 Å². The summed E-state index contributed by atoms with van der Waals surface area (Å²) >= 11 is 0. The van der Waals surface area contributed by atoms with Gasteiger partial charge < -0.3 is 21.7 Å². The molecule has 1 rings (SSSR count). The molecule has 7 heteroatoms. The molecule has 0 bridgehead atoms. The van der Waals surface area contributed by atoms with Crippen LogP contribution >= 0.6 is 0 Å². The largest absolute Gasteiger partial charge is 0.354 e. The molecule has 7 nitrogen and oxygen atoms in total. The Kier molecular flexibility index (Phi) is 4.10. The molecule has 90 valence electrons. The number of rotatable bonds is 3. The SMILES string of the molecule is CC(NC(N)=O)C(=O)NC1CCC(=O)NC1. The number of carbonyl (C=O) groups excluding carboxylic acids is 3. The molecule has 2 atom stereocenters. The number of nitrogens with two attached hydrogens (primary N) is 1. The van der Waals surface area contributed by atoms with Gasteiger partial charge in [0.2, 0.25) is 11.8 Å². The van der Waals surface area contributed by atoms with Crippen LogP contribution in [0.5, 0.6) is 0 Å². The molecule has 2 unspecified atom stereocenters. The number of hydrogen-bond acceptors (Lipinski definition) is 3. The first-order valence-electron chi connectivity index (χ1n) is 5.12. The van der Waals surface area contributed by atoms with Gasteiger partial charge in [-0.05, 0) is 13.3 Å². The van der Waals surface area contributed by atoms with Gasteiger partial charge in [-0.15, -0.1) is 0 Å². The van der Waals surface area contributed by atoms with Gasteiger partial charge in [0.15, 0.2) is 0 Å². The van der Waals surface area contributed by atoms with E-state index in [1.807, 2.05) is 0 Å². The minimum atomic E-state index is -0.736. The van der Waals surface area contributed by atoms with Crippen LogP contribution in [0.15, 0.2) is 0 Å². The summed E-state index contributed by atoms with van der Waals surface area (Å²) in [6.07, 6.45) is 1.02. The summed E-state index contributed by atoms with van der Waals surface area (Å²) in [6, 6.07) is -1.49. The van der Waals surface area contributed by atoms with Gasteiger partial charge in [-0.3, -0.25) is 9.59 Å². The van der Waals surface area contributed by atoms with E-state index in [1.165, 1.54) is 0 Å². The Balaban J connectivity index is 2.33. The second kappa shape index (κ2) is 5.34. The normalized spacial score (nSPS) is 21.8. The molecule has 4 amide bonds. The molecule has 0 aromatic rings. The Morgan fingerprint density at radius 2 is 2.25 bits per heavy atom. The fraction of sp³-hybridized carbons (Fsp3) is 0.667. The van der Waals surface area contributed by atoms with Crippen molar-refractivity contribution in [2.24, 2.45) is 5.73 Å². The van der Waals surface area contributed by atoms with Gasteiger partial charge in [0.25, 0.3) is 0 Å². The highest BCUT2D eigenvalue weighted by molar-refractivity contribution is 5.86. The smallest absolute Gasteiger partial charge is 0.312 e. The molecule has 0 aromatic carbocycles. The van der Waals surface area contributed by atoms with Gasteiger partial charge in [0, 0.05) is 19.0 Å². The van der Waals surface area contributed by atoms with Crippen LogP contribution in [0.1, 0.15) is 19.8 Å². The van der Waals surface area contributed by atoms with Gasteiger partial charge in [-0.2, -0.15) is 0 Å². The lowest BCUT2D eigenvalue weighted by Crippen LogP contribution is -2.53. The summed E-state index contributed by atoms with van der Waals surface area (Å²) in [5.41, 5.74) is 4.90. The zero-order valence-electron chi connectivity index (χ0n) is 9.08. The molecular formula is C9H16N4O3. The number of piperidine rings is 1. The molecule has 1 fully saturated rings. The molecule has 1 aliphatic heterocycles. The Morgan fingerprint density at radius 3 is 2.75 bits per heavy atom. The quantitative estimate of drug-likeness (QED) is 0.468. The van der Waals surface area contributed by atoms with E-state index < -0.39 is 12.1 Å². The third kappa shape index (κ3) is 3.76. The van der Waals surface area contributed by atoms with Gasteiger partial charge in [-0.25, -0.2) is 4.79 Å². The van der Waals surface area contributed by atoms with Crippen LogP contribution in [0, 0.1) is 0 Å². The number of nitrogens with one attached hydrogen (secondary N) is 3. The topological polar surface area (TPSA) is 113 Å². The third-order valence-corrected chi connectivity index (χ3v) is 2.36. The number of carbonyl (C=O) groups is 3. The number of hydrogen-bond donors (Lipinski definition) is 4. The molecule has 0 spiro atoms. The fourth-order valence-corrected chi connectivity index (χ4v) is 1.46. The first-order chi connectivity index (χ1) is 7.49. The average molecular weight is 228 g/mol. The molecule has 0 radical (unpaired) electrons. The summed E-state index contributed by atoms with van der Waals surface area (Å²) < 4.78 is 0. The van der Waals surface area contributed by atoms with Crippen LogP contribution in [0.4, 0.5) is 4.79 Å². The van der Waals surface area contributed by atoms with Crippen molar-refractivity contribution in [3.8, 4) is 0 Å². The Hall–Kier alpha value is -1.79. The van der Waals surface area contributed by atoms with Crippen molar-refractivity contribution in [2.75, 3.05) is 6.54 Å². The number of urea groups is 1. The second-order valence-electron chi connectivity index (χ2n) is 3.78. The van der Waals surface area contributed by atoms with Crippen molar-refractivity contribution in [3.63, 3.8) is 0 Å². The van der Waals surface area contributed by atoms with Crippen molar-refractivity contribution in [1.29, 1.82) is 0 Å². The zero-order chi connectivity index (χ0) is 12.1. The van der Waals surface area contributed by atoms with Crippen molar-refractivity contribution in [1.82, 2.24) is 16.0 Å². The maximum absolute atomic E-state index is 11.5. The summed E-state index contributed by atoms with van der Waals surface area (Å²) in [7, 11) is 0. The standard InChI is InChI=1S/C9H16N4O3/c1-5(12-9(10)16)8(15)13-6-2-3-7(14)11-4-6/h5-6H,2-4H2,1H3,(H,11,14)(H,13,15)(H3,10,12,16). The molecule has 16 heavy (non-hydrogen) atoms. The van der Waals surface area contributed by atoms with Crippen molar-refractivity contribution >= 4 is 17.8 Å². The van der Waals surface area contributed by atoms with Crippen LogP contribution < -0.4 is 21.7 Å². The van der Waals surface area contributed by atoms with E-state index in [1.54, 1.807) is 6.92 Å². The first-order valence-corrected chi connectivity index (χ1v) is 5.12. The molecule has 1 heterocycles. The minimum Gasteiger partial charge on any atom is -0.354 e. The van der Waals surface area contributed by atoms with E-state index in [0.29, 0.717) is 19.4 Å². The van der Waals surface area contributed by atoms with E-state index in [4.69, 9.17) is 5.73 Å².